The van der Waals surface area contributed by atoms with Gasteiger partial charge in [-0.15, -0.1) is 5.10 Å². The smallest absolute Gasteiger partial charge is 0.256 e. The Morgan fingerprint density at radius 2 is 1.92 bits per heavy atom. The molecule has 0 spiro atoms. The van der Waals surface area contributed by atoms with Crippen LogP contribution < -0.4 is 5.32 Å². The van der Waals surface area contributed by atoms with Crippen LogP contribution in [0.3, 0.4) is 0 Å². The van der Waals surface area contributed by atoms with Crippen molar-refractivity contribution < 1.29 is 4.79 Å². The Hall–Kier alpha value is -3.54. The Bertz CT molecular complexity index is 1050. The summed E-state index contributed by atoms with van der Waals surface area (Å²) in [7, 11) is 0. The van der Waals surface area contributed by atoms with Gasteiger partial charge in [-0.3, -0.25) is 4.79 Å². The van der Waals surface area contributed by atoms with Gasteiger partial charge in [-0.2, -0.15) is 0 Å². The van der Waals surface area contributed by atoms with E-state index in [-0.39, 0.29) is 5.91 Å². The maximum Gasteiger partial charge on any atom is 0.256 e. The molecule has 128 valence electrons. The minimum Gasteiger partial charge on any atom is -0.307 e. The topological polar surface area (TPSA) is 72.7 Å². The fraction of sp³-hybridized carbons (Fsp3) is 0.100. The van der Waals surface area contributed by atoms with Crippen molar-refractivity contribution in [3.63, 3.8) is 0 Å². The molecule has 0 saturated carbocycles. The number of aromatic nitrogens is 4. The normalized spacial score (nSPS) is 10.8. The molecule has 0 radical (unpaired) electrons. The number of anilines is 1. The number of pyridine rings is 1. The predicted octanol–water partition coefficient (Wildman–Crippen LogP) is 3.44. The van der Waals surface area contributed by atoms with Gasteiger partial charge in [-0.1, -0.05) is 41.1 Å². The number of fused-ring (bicyclic) bond motifs is 1. The van der Waals surface area contributed by atoms with E-state index < -0.39 is 0 Å². The van der Waals surface area contributed by atoms with Gasteiger partial charge in [0.05, 0.1) is 12.1 Å². The molecule has 2 aromatic carbocycles. The molecule has 6 heteroatoms. The molecule has 0 bridgehead atoms. The molecule has 26 heavy (non-hydrogen) atoms. The highest BCUT2D eigenvalue weighted by molar-refractivity contribution is 6.05. The monoisotopic (exact) mass is 343 g/mol. The molecule has 0 aliphatic rings. The van der Waals surface area contributed by atoms with Crippen LogP contribution in [0.15, 0.2) is 66.9 Å². The van der Waals surface area contributed by atoms with Crippen LogP contribution in [0.2, 0.25) is 0 Å². The molecule has 0 aliphatic carbocycles. The van der Waals surface area contributed by atoms with Gasteiger partial charge < -0.3 is 5.32 Å². The van der Waals surface area contributed by atoms with Crippen LogP contribution in [0.4, 0.5) is 5.82 Å². The molecule has 4 aromatic rings. The number of carbonyl (C=O) groups is 1. The third-order valence-corrected chi connectivity index (χ3v) is 4.14. The number of rotatable bonds is 4. The second-order valence-electron chi connectivity index (χ2n) is 6.11. The van der Waals surface area contributed by atoms with Crippen molar-refractivity contribution in [1.82, 2.24) is 20.0 Å². The summed E-state index contributed by atoms with van der Waals surface area (Å²) in [6, 6.07) is 19.1. The molecule has 2 aromatic heterocycles. The average molecular weight is 343 g/mol. The van der Waals surface area contributed by atoms with E-state index in [9.17, 15) is 4.79 Å². The third-order valence-electron chi connectivity index (χ3n) is 4.14. The van der Waals surface area contributed by atoms with E-state index in [4.69, 9.17) is 0 Å². The first-order chi connectivity index (χ1) is 12.7. The molecule has 1 N–H and O–H groups in total. The lowest BCUT2D eigenvalue weighted by atomic mass is 10.1. The standard InChI is InChI=1S/C20H17N5O/c1-14-5-7-15(8-6-14)13-25-18-10-9-16(12-17(18)23-24-25)20(26)22-19-4-2-3-11-21-19/h2-12H,13H2,1H3,(H,21,22,26). The first-order valence-corrected chi connectivity index (χ1v) is 8.30. The van der Waals surface area contributed by atoms with Crippen LogP contribution in [0.25, 0.3) is 11.0 Å². The highest BCUT2D eigenvalue weighted by Gasteiger charge is 2.11. The van der Waals surface area contributed by atoms with Crippen molar-refractivity contribution in [1.29, 1.82) is 0 Å². The second-order valence-corrected chi connectivity index (χ2v) is 6.11. The quantitative estimate of drug-likeness (QED) is 0.616. The van der Waals surface area contributed by atoms with Gasteiger partial charge in [-0.05, 0) is 42.8 Å². The highest BCUT2D eigenvalue weighted by atomic mass is 16.1. The third kappa shape index (κ3) is 3.30. The van der Waals surface area contributed by atoms with Crippen LogP contribution in [0, 0.1) is 6.92 Å². The van der Waals surface area contributed by atoms with Crippen molar-refractivity contribution in [2.45, 2.75) is 13.5 Å². The first kappa shape index (κ1) is 16.0. The van der Waals surface area contributed by atoms with Crippen LogP contribution in [0.5, 0.6) is 0 Å². The summed E-state index contributed by atoms with van der Waals surface area (Å²) >= 11 is 0. The largest absolute Gasteiger partial charge is 0.307 e. The lowest BCUT2D eigenvalue weighted by molar-refractivity contribution is 0.102. The predicted molar refractivity (Wildman–Crippen MR) is 100.0 cm³/mol. The Kier molecular flexibility index (Phi) is 4.15. The molecule has 6 nitrogen and oxygen atoms in total. The SMILES string of the molecule is Cc1ccc(Cn2nnc3cc(C(=O)Nc4ccccn4)ccc32)cc1. The van der Waals surface area contributed by atoms with Crippen molar-refractivity contribution in [2.75, 3.05) is 5.32 Å². The molecule has 0 saturated heterocycles. The van der Waals surface area contributed by atoms with Crippen molar-refractivity contribution >= 4 is 22.8 Å². The van der Waals surface area contributed by atoms with Gasteiger partial charge in [0.25, 0.3) is 5.91 Å². The molecular weight excluding hydrogens is 326 g/mol. The molecule has 1 amide bonds. The van der Waals surface area contributed by atoms with Gasteiger partial charge in [0.15, 0.2) is 0 Å². The van der Waals surface area contributed by atoms with Crippen molar-refractivity contribution in [2.24, 2.45) is 0 Å². The average Bonchev–Trinajstić information content (AvgIpc) is 3.06. The number of carbonyl (C=O) groups excluding carboxylic acids is 1. The summed E-state index contributed by atoms with van der Waals surface area (Å²) in [5.74, 6) is 0.291. The fourth-order valence-corrected chi connectivity index (χ4v) is 2.72. The summed E-state index contributed by atoms with van der Waals surface area (Å²) in [4.78, 5) is 16.5. The number of hydrogen-bond acceptors (Lipinski definition) is 4. The number of benzene rings is 2. The summed E-state index contributed by atoms with van der Waals surface area (Å²) in [6.07, 6.45) is 1.63. The zero-order valence-corrected chi connectivity index (χ0v) is 14.3. The zero-order chi connectivity index (χ0) is 17.9. The van der Waals surface area contributed by atoms with Crippen LogP contribution in [0.1, 0.15) is 21.5 Å². The van der Waals surface area contributed by atoms with Crippen molar-refractivity contribution in [3.8, 4) is 0 Å². The Balaban J connectivity index is 1.57. The Morgan fingerprint density at radius 1 is 1.08 bits per heavy atom. The van der Waals surface area contributed by atoms with Gasteiger partial charge in [0.2, 0.25) is 0 Å². The van der Waals surface area contributed by atoms with E-state index in [1.54, 1.807) is 30.5 Å². The Morgan fingerprint density at radius 3 is 2.69 bits per heavy atom. The summed E-state index contributed by atoms with van der Waals surface area (Å²) in [5.41, 5.74) is 4.47. The first-order valence-electron chi connectivity index (χ1n) is 8.30. The number of amides is 1. The summed E-state index contributed by atoms with van der Waals surface area (Å²) in [5, 5.41) is 11.2. The molecular formula is C20H17N5O. The van der Waals surface area contributed by atoms with Crippen LogP contribution in [-0.2, 0) is 6.54 Å². The summed E-state index contributed by atoms with van der Waals surface area (Å²) in [6.45, 7) is 2.70. The van der Waals surface area contributed by atoms with E-state index in [1.165, 1.54) is 5.56 Å². The number of nitrogens with one attached hydrogen (secondary N) is 1. The molecule has 0 aliphatic heterocycles. The van der Waals surface area contributed by atoms with E-state index in [0.29, 0.717) is 23.4 Å². The van der Waals surface area contributed by atoms with Crippen LogP contribution >= 0.6 is 0 Å². The fourth-order valence-electron chi connectivity index (χ4n) is 2.72. The van der Waals surface area contributed by atoms with Crippen LogP contribution in [-0.4, -0.2) is 25.9 Å². The lowest BCUT2D eigenvalue weighted by Gasteiger charge is -2.05. The number of hydrogen-bond donors (Lipinski definition) is 1. The van der Waals surface area contributed by atoms with Gasteiger partial charge in [0.1, 0.15) is 11.3 Å². The molecule has 4 rings (SSSR count). The van der Waals surface area contributed by atoms with Crippen molar-refractivity contribution in [3.05, 3.63) is 83.6 Å². The van der Waals surface area contributed by atoms with Gasteiger partial charge >= 0.3 is 0 Å². The van der Waals surface area contributed by atoms with Gasteiger partial charge in [-0.25, -0.2) is 9.67 Å². The Labute approximate surface area is 150 Å². The van der Waals surface area contributed by atoms with Gasteiger partial charge in [0, 0.05) is 11.8 Å². The lowest BCUT2D eigenvalue weighted by Crippen LogP contribution is -2.12. The molecule has 0 unspecified atom stereocenters. The highest BCUT2D eigenvalue weighted by Crippen LogP contribution is 2.16. The minimum absolute atomic E-state index is 0.223. The van der Waals surface area contributed by atoms with E-state index >= 15 is 0 Å². The number of aryl methyl sites for hydroxylation is 1. The molecule has 2 heterocycles. The minimum atomic E-state index is -0.223. The summed E-state index contributed by atoms with van der Waals surface area (Å²) < 4.78 is 1.83. The van der Waals surface area contributed by atoms with E-state index in [2.05, 4.69) is 51.8 Å². The zero-order valence-electron chi connectivity index (χ0n) is 14.3. The van der Waals surface area contributed by atoms with E-state index in [0.717, 1.165) is 11.1 Å². The maximum atomic E-state index is 12.4. The number of nitrogens with zero attached hydrogens (tertiary/aromatic N) is 4. The molecule has 0 fully saturated rings. The van der Waals surface area contributed by atoms with E-state index in [1.807, 2.05) is 16.8 Å². The second kappa shape index (κ2) is 6.76. The molecule has 0 atom stereocenters. The maximum absolute atomic E-state index is 12.4.